The molecule has 0 spiro atoms. The molecule has 1 heterocycles. The van der Waals surface area contributed by atoms with E-state index in [9.17, 15) is 0 Å². The van der Waals surface area contributed by atoms with Crippen LogP contribution in [0.1, 0.15) is 0 Å². The number of para-hydroxylation sites is 1. The summed E-state index contributed by atoms with van der Waals surface area (Å²) in [4.78, 5) is 6.74. The van der Waals surface area contributed by atoms with Crippen molar-refractivity contribution >= 4 is 22.6 Å². The predicted octanol–water partition coefficient (Wildman–Crippen LogP) is 2.35. The van der Waals surface area contributed by atoms with E-state index >= 15 is 0 Å². The zero-order chi connectivity index (χ0) is 9.10. The Balaban J connectivity index is 2.20. The van der Waals surface area contributed by atoms with E-state index in [1.54, 1.807) is 0 Å². The molecule has 1 aliphatic heterocycles. The Morgan fingerprint density at radius 1 is 1.31 bits per heavy atom. The highest BCUT2D eigenvalue weighted by atomic mass is 32.2. The molecule has 0 atom stereocenters. The number of hydrogen-bond acceptors (Lipinski definition) is 2. The van der Waals surface area contributed by atoms with Crippen LogP contribution in [-0.4, -0.2) is 29.4 Å². The van der Waals surface area contributed by atoms with Crippen LogP contribution in [0.5, 0.6) is 0 Å². The van der Waals surface area contributed by atoms with Gasteiger partial charge in [-0.1, -0.05) is 30.0 Å². The number of rotatable bonds is 1. The van der Waals surface area contributed by atoms with Crippen LogP contribution in [0.4, 0.5) is 5.69 Å². The zero-order valence-electron chi connectivity index (χ0n) is 7.60. The molecule has 1 aliphatic rings. The first-order valence-corrected chi connectivity index (χ1v) is 5.32. The summed E-state index contributed by atoms with van der Waals surface area (Å²) in [5, 5.41) is 1.13. The molecule has 13 heavy (non-hydrogen) atoms. The van der Waals surface area contributed by atoms with E-state index in [0.29, 0.717) is 0 Å². The van der Waals surface area contributed by atoms with E-state index in [0.717, 1.165) is 23.2 Å². The first-order chi connectivity index (χ1) is 6.36. The fraction of sp³-hybridized carbons (Fsp3) is 0.300. The van der Waals surface area contributed by atoms with E-state index in [-0.39, 0.29) is 0 Å². The zero-order valence-corrected chi connectivity index (χ0v) is 8.42. The molecule has 0 radical (unpaired) electrons. The van der Waals surface area contributed by atoms with Crippen LogP contribution < -0.4 is 0 Å². The van der Waals surface area contributed by atoms with Crippen molar-refractivity contribution in [2.24, 2.45) is 4.99 Å². The Morgan fingerprint density at radius 3 is 2.69 bits per heavy atom. The number of benzene rings is 1. The number of nitrogens with zero attached hydrogens (tertiary/aromatic N) is 2. The van der Waals surface area contributed by atoms with E-state index in [4.69, 9.17) is 0 Å². The van der Waals surface area contributed by atoms with Crippen molar-refractivity contribution in [2.75, 3.05) is 19.3 Å². The highest BCUT2D eigenvalue weighted by Crippen LogP contribution is 2.20. The number of amidine groups is 1. The minimum atomic E-state index is 1.04. The molecule has 0 bridgehead atoms. The van der Waals surface area contributed by atoms with Gasteiger partial charge in [0.25, 0.3) is 0 Å². The summed E-state index contributed by atoms with van der Waals surface area (Å²) in [6.07, 6.45) is 0. The summed E-state index contributed by atoms with van der Waals surface area (Å²) in [5.74, 6) is 1.15. The largest absolute Gasteiger partial charge is 0.353 e. The molecule has 0 saturated carbocycles. The quantitative estimate of drug-likeness (QED) is 0.678. The molecule has 2 rings (SSSR count). The van der Waals surface area contributed by atoms with E-state index in [2.05, 4.69) is 16.9 Å². The van der Waals surface area contributed by atoms with Gasteiger partial charge in [-0.3, -0.25) is 0 Å². The highest BCUT2D eigenvalue weighted by molar-refractivity contribution is 8.14. The second kappa shape index (κ2) is 3.83. The van der Waals surface area contributed by atoms with Gasteiger partial charge in [-0.15, -0.1) is 0 Å². The second-order valence-electron chi connectivity index (χ2n) is 3.00. The Bertz CT molecular complexity index is 308. The number of hydrogen-bond donors (Lipinski definition) is 0. The van der Waals surface area contributed by atoms with Gasteiger partial charge in [0.05, 0.1) is 5.69 Å². The maximum Gasteiger partial charge on any atom is 0.164 e. The van der Waals surface area contributed by atoms with Gasteiger partial charge in [-0.25, -0.2) is 4.99 Å². The summed E-state index contributed by atoms with van der Waals surface area (Å²) in [7, 11) is 2.09. The van der Waals surface area contributed by atoms with E-state index in [1.807, 2.05) is 42.1 Å². The van der Waals surface area contributed by atoms with Crippen LogP contribution in [0, 0.1) is 0 Å². The fourth-order valence-electron chi connectivity index (χ4n) is 1.21. The van der Waals surface area contributed by atoms with E-state index in [1.165, 1.54) is 0 Å². The van der Waals surface area contributed by atoms with Gasteiger partial charge >= 0.3 is 0 Å². The first kappa shape index (κ1) is 8.63. The van der Waals surface area contributed by atoms with Crippen LogP contribution in [-0.2, 0) is 0 Å². The van der Waals surface area contributed by atoms with Crippen molar-refractivity contribution < 1.29 is 0 Å². The molecule has 3 heteroatoms. The minimum Gasteiger partial charge on any atom is -0.353 e. The van der Waals surface area contributed by atoms with Gasteiger partial charge in [0, 0.05) is 19.3 Å². The third-order valence-electron chi connectivity index (χ3n) is 1.97. The third-order valence-corrected chi connectivity index (χ3v) is 3.01. The lowest BCUT2D eigenvalue weighted by atomic mass is 10.3. The van der Waals surface area contributed by atoms with Crippen molar-refractivity contribution in [3.05, 3.63) is 30.3 Å². The average molecular weight is 192 g/mol. The molecule has 1 fully saturated rings. The van der Waals surface area contributed by atoms with Crippen molar-refractivity contribution in [1.29, 1.82) is 0 Å². The van der Waals surface area contributed by atoms with Crippen molar-refractivity contribution in [3.63, 3.8) is 0 Å². The SMILES string of the molecule is CN1CCSC1=Nc1ccccc1. The lowest BCUT2D eigenvalue weighted by molar-refractivity contribution is 0.563. The Morgan fingerprint density at radius 2 is 2.08 bits per heavy atom. The molecule has 0 amide bonds. The molecule has 0 unspecified atom stereocenters. The van der Waals surface area contributed by atoms with Crippen molar-refractivity contribution in [3.8, 4) is 0 Å². The molecule has 1 aromatic carbocycles. The smallest absolute Gasteiger partial charge is 0.164 e. The Kier molecular flexibility index (Phi) is 2.54. The van der Waals surface area contributed by atoms with Crippen LogP contribution in [0.25, 0.3) is 0 Å². The monoisotopic (exact) mass is 192 g/mol. The molecular formula is C10H12N2S. The minimum absolute atomic E-state index is 1.04. The third kappa shape index (κ3) is 2.04. The van der Waals surface area contributed by atoms with Crippen molar-refractivity contribution in [2.45, 2.75) is 0 Å². The van der Waals surface area contributed by atoms with Crippen LogP contribution in [0.3, 0.4) is 0 Å². The summed E-state index contributed by atoms with van der Waals surface area (Å²) < 4.78 is 0. The van der Waals surface area contributed by atoms with Crippen LogP contribution in [0.2, 0.25) is 0 Å². The summed E-state index contributed by atoms with van der Waals surface area (Å²) in [6, 6.07) is 10.1. The number of thioether (sulfide) groups is 1. The average Bonchev–Trinajstić information content (AvgIpc) is 2.54. The van der Waals surface area contributed by atoms with Gasteiger partial charge in [-0.05, 0) is 12.1 Å². The lowest BCUT2D eigenvalue weighted by Crippen LogP contribution is -2.17. The maximum atomic E-state index is 4.54. The molecule has 2 nitrogen and oxygen atoms in total. The molecule has 1 saturated heterocycles. The standard InChI is InChI=1S/C10H12N2S/c1-12-7-8-13-10(12)11-9-5-3-2-4-6-9/h2-6H,7-8H2,1H3. The van der Waals surface area contributed by atoms with Crippen LogP contribution >= 0.6 is 11.8 Å². The summed E-state index contributed by atoms with van der Waals surface area (Å²) in [6.45, 7) is 1.11. The second-order valence-corrected chi connectivity index (χ2v) is 4.06. The van der Waals surface area contributed by atoms with E-state index < -0.39 is 0 Å². The molecule has 68 valence electrons. The normalized spacial score (nSPS) is 19.8. The van der Waals surface area contributed by atoms with Gasteiger partial charge in [0.2, 0.25) is 0 Å². The van der Waals surface area contributed by atoms with Crippen LogP contribution in [0.15, 0.2) is 35.3 Å². The molecule has 0 aromatic heterocycles. The van der Waals surface area contributed by atoms with Gasteiger partial charge < -0.3 is 4.90 Å². The highest BCUT2D eigenvalue weighted by Gasteiger charge is 2.14. The topological polar surface area (TPSA) is 15.6 Å². The molecule has 0 aliphatic carbocycles. The fourth-order valence-corrected chi connectivity index (χ4v) is 2.24. The summed E-state index contributed by atoms with van der Waals surface area (Å²) >= 11 is 1.82. The Labute approximate surface area is 82.7 Å². The molecule has 1 aromatic rings. The lowest BCUT2D eigenvalue weighted by Gasteiger charge is -2.08. The maximum absolute atomic E-state index is 4.54. The Hall–Kier alpha value is -0.960. The van der Waals surface area contributed by atoms with Gasteiger partial charge in [0.1, 0.15) is 0 Å². The van der Waals surface area contributed by atoms with Gasteiger partial charge in [0.15, 0.2) is 5.17 Å². The molecular weight excluding hydrogens is 180 g/mol. The van der Waals surface area contributed by atoms with Crippen molar-refractivity contribution in [1.82, 2.24) is 4.90 Å². The predicted molar refractivity (Wildman–Crippen MR) is 58.6 cm³/mol. The summed E-state index contributed by atoms with van der Waals surface area (Å²) in [5.41, 5.74) is 1.04. The molecule has 0 N–H and O–H groups in total. The number of aliphatic imine (C=N–C) groups is 1. The van der Waals surface area contributed by atoms with Gasteiger partial charge in [-0.2, -0.15) is 0 Å². The first-order valence-electron chi connectivity index (χ1n) is 4.34.